The summed E-state index contributed by atoms with van der Waals surface area (Å²) in [6.45, 7) is 0.706. The van der Waals surface area contributed by atoms with Crippen molar-refractivity contribution in [3.05, 3.63) is 83.2 Å². The first-order valence-electron chi connectivity index (χ1n) is 10.7. The van der Waals surface area contributed by atoms with Crippen LogP contribution in [-0.2, 0) is 10.0 Å². The van der Waals surface area contributed by atoms with Crippen LogP contribution in [-0.4, -0.2) is 64.9 Å². The van der Waals surface area contributed by atoms with E-state index in [1.807, 2.05) is 0 Å². The van der Waals surface area contributed by atoms with E-state index >= 15 is 0 Å². The Kier molecular flexibility index (Phi) is 6.05. The number of pyridine rings is 1. The fraction of sp³-hybridized carbons (Fsp3) is 0.174. The lowest BCUT2D eigenvalue weighted by atomic mass is 10.1. The lowest BCUT2D eigenvalue weighted by Crippen LogP contribution is -2.50. The van der Waals surface area contributed by atoms with Crippen LogP contribution in [0.4, 0.5) is 0 Å². The molecule has 178 valence electrons. The fourth-order valence-electron chi connectivity index (χ4n) is 3.87. The summed E-state index contributed by atoms with van der Waals surface area (Å²) in [7, 11) is -3.72. The maximum absolute atomic E-state index is 13.2. The van der Waals surface area contributed by atoms with Gasteiger partial charge in [-0.3, -0.25) is 4.79 Å². The maximum Gasteiger partial charge on any atom is 0.293 e. The summed E-state index contributed by atoms with van der Waals surface area (Å²) in [5, 5.41) is 21.3. The molecule has 1 aliphatic rings. The minimum atomic E-state index is -3.72. The molecule has 1 fully saturated rings. The number of rotatable bonds is 4. The lowest BCUT2D eigenvalue weighted by molar-refractivity contribution is -0.605. The van der Waals surface area contributed by atoms with E-state index in [2.05, 4.69) is 15.2 Å². The Morgan fingerprint density at radius 3 is 2.31 bits per heavy atom. The third kappa shape index (κ3) is 4.65. The standard InChI is InChI=1S/C23H19ClN6O4S/c24-19-3-1-18-14-20(4-2-17(18)13-19)35(33,34)30-11-9-28(10-12-30)23(31)22-25-15-21(26-27-22)16-5-7-29(32)8-6-16/h1-8,13-15H,9-12H2. The zero-order valence-corrected chi connectivity index (χ0v) is 19.9. The van der Waals surface area contributed by atoms with E-state index < -0.39 is 15.9 Å². The summed E-state index contributed by atoms with van der Waals surface area (Å²) < 4.78 is 28.4. The van der Waals surface area contributed by atoms with Gasteiger partial charge in [-0.25, -0.2) is 13.4 Å². The normalized spacial score (nSPS) is 14.8. The Morgan fingerprint density at radius 1 is 0.943 bits per heavy atom. The summed E-state index contributed by atoms with van der Waals surface area (Å²) >= 11 is 6.01. The number of carbonyl (C=O) groups excluding carboxylic acids is 1. The number of hydrogen-bond acceptors (Lipinski definition) is 7. The van der Waals surface area contributed by atoms with Crippen molar-refractivity contribution in [3.63, 3.8) is 0 Å². The molecule has 35 heavy (non-hydrogen) atoms. The first-order valence-corrected chi connectivity index (χ1v) is 12.5. The number of hydrogen-bond donors (Lipinski definition) is 0. The summed E-state index contributed by atoms with van der Waals surface area (Å²) in [4.78, 5) is 18.6. The third-order valence-corrected chi connectivity index (χ3v) is 7.92. The van der Waals surface area contributed by atoms with Gasteiger partial charge in [-0.05, 0) is 35.0 Å². The van der Waals surface area contributed by atoms with E-state index in [0.29, 0.717) is 21.0 Å². The minimum Gasteiger partial charge on any atom is -0.619 e. The highest BCUT2D eigenvalue weighted by Crippen LogP contribution is 2.25. The number of aromatic nitrogens is 4. The molecule has 0 bridgehead atoms. The Morgan fingerprint density at radius 2 is 1.63 bits per heavy atom. The van der Waals surface area contributed by atoms with Crippen LogP contribution in [0, 0.1) is 5.21 Å². The van der Waals surface area contributed by atoms with Gasteiger partial charge >= 0.3 is 0 Å². The monoisotopic (exact) mass is 510 g/mol. The smallest absolute Gasteiger partial charge is 0.293 e. The molecular weight excluding hydrogens is 492 g/mol. The van der Waals surface area contributed by atoms with Crippen LogP contribution in [0.3, 0.4) is 0 Å². The predicted octanol–water partition coefficient (Wildman–Crippen LogP) is 2.13. The number of piperazine rings is 1. The molecule has 10 nitrogen and oxygen atoms in total. The van der Waals surface area contributed by atoms with Gasteiger partial charge in [0, 0.05) is 48.9 Å². The molecule has 1 aliphatic heterocycles. The van der Waals surface area contributed by atoms with Crippen molar-refractivity contribution in [3.8, 4) is 11.3 Å². The second-order valence-electron chi connectivity index (χ2n) is 7.96. The Balaban J connectivity index is 1.26. The molecule has 0 N–H and O–H groups in total. The molecule has 0 radical (unpaired) electrons. The van der Waals surface area contributed by atoms with E-state index in [1.165, 1.54) is 27.8 Å². The topological polar surface area (TPSA) is 123 Å². The SMILES string of the molecule is O=C(c1ncc(-c2cc[n+]([O-])cc2)nn1)N1CCN(S(=O)(=O)c2ccc3cc(Cl)ccc3c2)CC1. The van der Waals surface area contributed by atoms with Crippen molar-refractivity contribution in [2.75, 3.05) is 26.2 Å². The van der Waals surface area contributed by atoms with E-state index in [0.717, 1.165) is 10.8 Å². The van der Waals surface area contributed by atoms with Crippen LogP contribution in [0.25, 0.3) is 22.0 Å². The third-order valence-electron chi connectivity index (χ3n) is 5.79. The molecule has 5 rings (SSSR count). The number of fused-ring (bicyclic) bond motifs is 1. The first kappa shape index (κ1) is 23.1. The van der Waals surface area contributed by atoms with Crippen LogP contribution >= 0.6 is 11.6 Å². The molecule has 12 heteroatoms. The number of halogens is 1. The van der Waals surface area contributed by atoms with Gasteiger partial charge in [0.2, 0.25) is 15.8 Å². The molecule has 4 aromatic rings. The molecule has 1 saturated heterocycles. The second-order valence-corrected chi connectivity index (χ2v) is 10.3. The summed E-state index contributed by atoms with van der Waals surface area (Å²) in [5.74, 6) is -0.498. The van der Waals surface area contributed by atoms with Crippen LogP contribution in [0.2, 0.25) is 5.02 Å². The first-order chi connectivity index (χ1) is 16.8. The van der Waals surface area contributed by atoms with Crippen molar-refractivity contribution in [1.82, 2.24) is 24.4 Å². The van der Waals surface area contributed by atoms with Crippen molar-refractivity contribution in [1.29, 1.82) is 0 Å². The van der Waals surface area contributed by atoms with E-state index in [-0.39, 0.29) is 36.9 Å². The van der Waals surface area contributed by atoms with Gasteiger partial charge in [-0.2, -0.15) is 9.04 Å². The molecule has 1 amide bonds. The van der Waals surface area contributed by atoms with Crippen molar-refractivity contribution in [2.45, 2.75) is 4.90 Å². The van der Waals surface area contributed by atoms with Crippen LogP contribution in [0.1, 0.15) is 10.6 Å². The summed E-state index contributed by atoms with van der Waals surface area (Å²) in [5.41, 5.74) is 1.07. The zero-order chi connectivity index (χ0) is 24.6. The fourth-order valence-corrected chi connectivity index (χ4v) is 5.50. The van der Waals surface area contributed by atoms with Crippen LogP contribution < -0.4 is 4.73 Å². The quantitative estimate of drug-likeness (QED) is 0.304. The Hall–Kier alpha value is -3.67. The molecule has 2 aromatic heterocycles. The summed E-state index contributed by atoms with van der Waals surface area (Å²) in [6, 6.07) is 13.4. The average Bonchev–Trinajstić information content (AvgIpc) is 2.88. The number of carbonyl (C=O) groups is 1. The number of sulfonamides is 1. The highest BCUT2D eigenvalue weighted by molar-refractivity contribution is 7.89. The number of benzene rings is 2. The minimum absolute atomic E-state index is 0.0759. The molecular formula is C23H19ClN6O4S. The molecule has 0 unspecified atom stereocenters. The van der Waals surface area contributed by atoms with Crippen LogP contribution in [0.5, 0.6) is 0 Å². The molecule has 3 heterocycles. The van der Waals surface area contributed by atoms with Gasteiger partial charge < -0.3 is 10.1 Å². The largest absolute Gasteiger partial charge is 0.619 e. The van der Waals surface area contributed by atoms with Gasteiger partial charge in [-0.1, -0.05) is 23.7 Å². The van der Waals surface area contributed by atoms with Gasteiger partial charge in [-0.15, -0.1) is 10.2 Å². The van der Waals surface area contributed by atoms with Gasteiger partial charge in [0.1, 0.15) is 5.69 Å². The molecule has 2 aromatic carbocycles. The highest BCUT2D eigenvalue weighted by Gasteiger charge is 2.31. The number of nitrogens with zero attached hydrogens (tertiary/aromatic N) is 6. The zero-order valence-electron chi connectivity index (χ0n) is 18.3. The highest BCUT2D eigenvalue weighted by atomic mass is 35.5. The second kappa shape index (κ2) is 9.17. The number of amides is 1. The van der Waals surface area contributed by atoms with Gasteiger partial charge in [0.15, 0.2) is 12.4 Å². The Bertz CT molecular complexity index is 1510. The lowest BCUT2D eigenvalue weighted by Gasteiger charge is -2.33. The maximum atomic E-state index is 13.2. The molecule has 0 spiro atoms. The average molecular weight is 511 g/mol. The van der Waals surface area contributed by atoms with Crippen molar-refractivity contribution >= 4 is 38.3 Å². The molecule has 0 aliphatic carbocycles. The van der Waals surface area contributed by atoms with E-state index in [9.17, 15) is 18.4 Å². The van der Waals surface area contributed by atoms with Crippen LogP contribution in [0.15, 0.2) is 72.0 Å². The molecule has 0 saturated carbocycles. The Labute approximate surface area is 206 Å². The van der Waals surface area contributed by atoms with E-state index in [4.69, 9.17) is 11.6 Å². The van der Waals surface area contributed by atoms with Crippen molar-refractivity contribution < 1.29 is 17.9 Å². The predicted molar refractivity (Wildman–Crippen MR) is 128 cm³/mol. The van der Waals surface area contributed by atoms with Gasteiger partial charge in [0.05, 0.1) is 11.1 Å². The van der Waals surface area contributed by atoms with E-state index in [1.54, 1.807) is 48.5 Å². The van der Waals surface area contributed by atoms with Gasteiger partial charge in [0.25, 0.3) is 5.91 Å². The summed E-state index contributed by atoms with van der Waals surface area (Å²) in [6.07, 6.45) is 4.08. The molecule has 0 atom stereocenters. The van der Waals surface area contributed by atoms with Crippen molar-refractivity contribution in [2.24, 2.45) is 0 Å².